The number of quaternary nitrogens is 1. The third-order valence-electron chi connectivity index (χ3n) is 16.3. The molecular weight excluding hydrogens is 1150 g/mol. The van der Waals surface area contributed by atoms with Gasteiger partial charge in [0, 0.05) is 12.8 Å². The number of rotatable bonds is 69. The lowest BCUT2D eigenvalue weighted by Crippen LogP contribution is -2.37. The number of nitrogens with zero attached hydrogens (tertiary/aromatic N) is 1. The Labute approximate surface area is 562 Å². The molecule has 0 aromatic rings. The maximum Gasteiger partial charge on any atom is 0.472 e. The number of likely N-dealkylation sites (N-methyl/N-ethyl adjacent to an activating group) is 1. The van der Waals surface area contributed by atoms with Gasteiger partial charge in [0.05, 0.1) is 27.7 Å². The summed E-state index contributed by atoms with van der Waals surface area (Å²) in [5, 5.41) is 0. The molecule has 2 atom stereocenters. The van der Waals surface area contributed by atoms with Crippen LogP contribution in [0, 0.1) is 0 Å². The lowest BCUT2D eigenvalue weighted by atomic mass is 10.0. The van der Waals surface area contributed by atoms with Crippen LogP contribution in [0.25, 0.3) is 0 Å². The molecule has 0 saturated carbocycles. The van der Waals surface area contributed by atoms with Crippen LogP contribution >= 0.6 is 7.82 Å². The number of ether oxygens (including phenoxy) is 2. The normalized spacial score (nSPS) is 13.8. The minimum atomic E-state index is -4.41. The SMILES string of the molecule is CC/C=C\C/C=C\C/C=C\C/C=C\C/C=C\C/C=C\C/C=C\C/C=C\C/C=C\C/C=C\CCCCC(=O)OC(COC(=O)CCCCCCCCCCCCCCCCCCCCCCCCCCCCCCCCCCCC)COP(=O)(O)OCC[N+](C)(C)C. The van der Waals surface area contributed by atoms with Gasteiger partial charge in [0.15, 0.2) is 6.10 Å². The smallest absolute Gasteiger partial charge is 0.462 e. The van der Waals surface area contributed by atoms with Crippen molar-refractivity contribution in [3.8, 4) is 0 Å². The zero-order valence-corrected chi connectivity index (χ0v) is 60.7. The van der Waals surface area contributed by atoms with E-state index in [2.05, 4.69) is 135 Å². The molecule has 0 aromatic heterocycles. The van der Waals surface area contributed by atoms with Gasteiger partial charge in [0.2, 0.25) is 0 Å². The van der Waals surface area contributed by atoms with Crippen molar-refractivity contribution in [2.24, 2.45) is 0 Å². The zero-order chi connectivity index (χ0) is 66.2. The highest BCUT2D eigenvalue weighted by Crippen LogP contribution is 2.43. The van der Waals surface area contributed by atoms with Crippen LogP contribution in [-0.2, 0) is 32.7 Å². The fourth-order valence-electron chi connectivity index (χ4n) is 10.5. The highest BCUT2D eigenvalue weighted by molar-refractivity contribution is 7.47. The van der Waals surface area contributed by atoms with Gasteiger partial charge < -0.3 is 18.9 Å². The molecular formula is C81H143NO8P+. The van der Waals surface area contributed by atoms with E-state index in [1.807, 2.05) is 21.1 Å². The number of hydrogen-bond acceptors (Lipinski definition) is 7. The quantitative estimate of drug-likeness (QED) is 0.0211. The number of allylic oxidation sites excluding steroid dienone is 20. The van der Waals surface area contributed by atoms with Crippen LogP contribution < -0.4 is 0 Å². The Kier molecular flexibility index (Phi) is 67.9. The Bertz CT molecular complexity index is 1950. The molecule has 0 radical (unpaired) electrons. The topological polar surface area (TPSA) is 108 Å². The first kappa shape index (κ1) is 87.4. The summed E-state index contributed by atoms with van der Waals surface area (Å²) >= 11 is 0. The molecule has 0 spiro atoms. The average molecular weight is 1290 g/mol. The van der Waals surface area contributed by atoms with Crippen molar-refractivity contribution >= 4 is 19.8 Å². The molecule has 0 aliphatic carbocycles. The molecule has 1 N–H and O–H groups in total. The number of esters is 2. The van der Waals surface area contributed by atoms with Crippen molar-refractivity contribution in [1.82, 2.24) is 0 Å². The van der Waals surface area contributed by atoms with E-state index >= 15 is 0 Å². The maximum absolute atomic E-state index is 12.9. The zero-order valence-electron chi connectivity index (χ0n) is 59.8. The van der Waals surface area contributed by atoms with E-state index in [0.717, 1.165) is 96.3 Å². The summed E-state index contributed by atoms with van der Waals surface area (Å²) in [4.78, 5) is 35.9. The van der Waals surface area contributed by atoms with Gasteiger partial charge in [-0.3, -0.25) is 18.6 Å². The Balaban J connectivity index is 4.09. The highest BCUT2D eigenvalue weighted by atomic mass is 31.2. The van der Waals surface area contributed by atoms with Crippen molar-refractivity contribution in [3.63, 3.8) is 0 Å². The van der Waals surface area contributed by atoms with Gasteiger partial charge in [-0.15, -0.1) is 0 Å². The van der Waals surface area contributed by atoms with E-state index in [4.69, 9.17) is 18.5 Å². The molecule has 0 bridgehead atoms. The van der Waals surface area contributed by atoms with Crippen molar-refractivity contribution in [2.45, 2.75) is 335 Å². The molecule has 0 saturated heterocycles. The number of hydrogen-bond donors (Lipinski definition) is 1. The first-order chi connectivity index (χ1) is 44.5. The molecule has 0 aliphatic rings. The van der Waals surface area contributed by atoms with Gasteiger partial charge in [-0.05, 0) is 89.9 Å². The molecule has 524 valence electrons. The lowest BCUT2D eigenvalue weighted by molar-refractivity contribution is -0.870. The minimum Gasteiger partial charge on any atom is -0.462 e. The number of carbonyl (C=O) groups excluding carboxylic acids is 2. The summed E-state index contributed by atoms with van der Waals surface area (Å²) in [6, 6.07) is 0. The third kappa shape index (κ3) is 75.3. The van der Waals surface area contributed by atoms with Gasteiger partial charge in [-0.1, -0.05) is 347 Å². The summed E-state index contributed by atoms with van der Waals surface area (Å²) in [5.41, 5.74) is 0. The largest absolute Gasteiger partial charge is 0.472 e. The van der Waals surface area contributed by atoms with E-state index in [0.29, 0.717) is 17.4 Å². The molecule has 91 heavy (non-hydrogen) atoms. The number of unbranched alkanes of at least 4 members (excludes halogenated alkanes) is 35. The lowest BCUT2D eigenvalue weighted by Gasteiger charge is -2.24. The predicted molar refractivity (Wildman–Crippen MR) is 394 cm³/mol. The summed E-state index contributed by atoms with van der Waals surface area (Å²) in [5.74, 6) is -0.844. The molecule has 0 heterocycles. The van der Waals surface area contributed by atoms with Crippen molar-refractivity contribution < 1.29 is 42.1 Å². The molecule has 2 unspecified atom stereocenters. The molecule has 0 aliphatic heterocycles. The van der Waals surface area contributed by atoms with E-state index in [9.17, 15) is 19.0 Å². The van der Waals surface area contributed by atoms with E-state index < -0.39 is 26.5 Å². The van der Waals surface area contributed by atoms with Crippen molar-refractivity contribution in [3.05, 3.63) is 122 Å². The second-order valence-corrected chi connectivity index (χ2v) is 27.8. The Morgan fingerprint density at radius 3 is 0.934 bits per heavy atom. The Hall–Kier alpha value is -3.59. The van der Waals surface area contributed by atoms with Gasteiger partial charge in [0.25, 0.3) is 0 Å². The van der Waals surface area contributed by atoms with Crippen LogP contribution in [0.5, 0.6) is 0 Å². The van der Waals surface area contributed by atoms with Crippen LogP contribution in [0.15, 0.2) is 122 Å². The average Bonchev–Trinajstić information content (AvgIpc) is 3.62. The van der Waals surface area contributed by atoms with Crippen LogP contribution in [0.1, 0.15) is 328 Å². The van der Waals surface area contributed by atoms with Crippen LogP contribution in [0.4, 0.5) is 0 Å². The van der Waals surface area contributed by atoms with Gasteiger partial charge in [-0.2, -0.15) is 0 Å². The van der Waals surface area contributed by atoms with Crippen LogP contribution in [0.3, 0.4) is 0 Å². The van der Waals surface area contributed by atoms with Crippen molar-refractivity contribution in [2.75, 3.05) is 47.5 Å². The summed E-state index contributed by atoms with van der Waals surface area (Å²) in [6.07, 6.45) is 102. The number of phosphoric acid groups is 1. The van der Waals surface area contributed by atoms with Crippen LogP contribution in [0.2, 0.25) is 0 Å². The fourth-order valence-corrected chi connectivity index (χ4v) is 11.3. The van der Waals surface area contributed by atoms with E-state index in [1.165, 1.54) is 199 Å². The second-order valence-electron chi connectivity index (χ2n) is 26.3. The third-order valence-corrected chi connectivity index (χ3v) is 17.2. The molecule has 0 aromatic carbocycles. The fraction of sp³-hybridized carbons (Fsp3) is 0.728. The first-order valence-corrected chi connectivity index (χ1v) is 39.3. The molecule has 9 nitrogen and oxygen atoms in total. The van der Waals surface area contributed by atoms with Gasteiger partial charge in [0.1, 0.15) is 19.8 Å². The number of phosphoric ester groups is 1. The monoisotopic (exact) mass is 1290 g/mol. The standard InChI is InChI=1S/C81H142NO8P/c1-6-8-10-12-14-16-18-20-22-24-26-28-30-32-34-36-38-40-42-43-45-47-49-51-53-55-57-59-61-63-65-67-69-71-73-80(83)87-77-79(78-89-91(85,86)88-76-75-82(3,4)5)90-81(84)74-72-70-68-66-64-62-60-58-56-54-52-50-48-46-44-41-39-37-35-33-31-29-27-25-23-21-19-17-15-13-11-9-7-2/h9,11,15,17,21,23,27,29,33,35,39,41,46,48,52,54,58,60,64,66,79H,6-8,10,12-14,16,18-20,22,24-26,28,30-32,34,36-38,40,42-45,47,49-51,53,55-57,59,61-63,65,67-78H2,1-5H3/p+1/b11-9-,17-15-,23-21-,29-27-,35-33-,41-39-,48-46-,54-52-,60-58-,66-64-. The van der Waals surface area contributed by atoms with E-state index in [-0.39, 0.29) is 32.0 Å². The van der Waals surface area contributed by atoms with Crippen LogP contribution in [-0.4, -0.2) is 74.9 Å². The predicted octanol–water partition coefficient (Wildman–Crippen LogP) is 25.0. The van der Waals surface area contributed by atoms with E-state index in [1.54, 1.807) is 0 Å². The number of carbonyl (C=O) groups is 2. The summed E-state index contributed by atoms with van der Waals surface area (Å²) in [7, 11) is 1.44. The Morgan fingerprint density at radius 1 is 0.352 bits per heavy atom. The molecule has 10 heteroatoms. The second kappa shape index (κ2) is 70.7. The maximum atomic E-state index is 12.9. The molecule has 0 amide bonds. The molecule has 0 fully saturated rings. The summed E-state index contributed by atoms with van der Waals surface area (Å²) < 4.78 is 34.7. The Morgan fingerprint density at radius 2 is 0.626 bits per heavy atom. The minimum absolute atomic E-state index is 0.0181. The molecule has 0 rings (SSSR count). The van der Waals surface area contributed by atoms with Gasteiger partial charge >= 0.3 is 19.8 Å². The van der Waals surface area contributed by atoms with Crippen molar-refractivity contribution in [1.29, 1.82) is 0 Å². The highest BCUT2D eigenvalue weighted by Gasteiger charge is 2.27. The first-order valence-electron chi connectivity index (χ1n) is 37.8. The van der Waals surface area contributed by atoms with Gasteiger partial charge in [-0.25, -0.2) is 4.57 Å². The summed E-state index contributed by atoms with van der Waals surface area (Å²) in [6.45, 7) is 4.30.